The molecule has 41 heavy (non-hydrogen) atoms. The number of carboxylic acid groups (broad SMARTS) is 1. The summed E-state index contributed by atoms with van der Waals surface area (Å²) in [7, 11) is 0. The fourth-order valence-corrected chi connectivity index (χ4v) is 7.52. The maximum Gasteiger partial charge on any atom is 0.351 e. The quantitative estimate of drug-likeness (QED) is 0.106. The molecule has 0 spiro atoms. The lowest BCUT2D eigenvalue weighted by molar-refractivity contribution is -0.329. The molecule has 232 valence electrons. The van der Waals surface area contributed by atoms with Gasteiger partial charge in [-0.15, -0.1) is 0 Å². The summed E-state index contributed by atoms with van der Waals surface area (Å²) in [4.78, 5) is 49.1. The smallest absolute Gasteiger partial charge is 0.351 e. The van der Waals surface area contributed by atoms with Crippen LogP contribution in [0.1, 0.15) is 19.6 Å². The molecule has 3 unspecified atom stereocenters. The third-order valence-corrected chi connectivity index (χ3v) is 9.58. The Morgan fingerprint density at radius 2 is 2.02 bits per heavy atom. The Kier molecular flexibility index (Phi) is 10.5. The van der Waals surface area contributed by atoms with E-state index in [9.17, 15) is 59.6 Å². The molecular formula is C20H29N4O15PS-2. The number of aromatic nitrogens is 2. The molecule has 11 atom stereocenters. The van der Waals surface area contributed by atoms with Crippen molar-refractivity contribution in [2.24, 2.45) is 0 Å². The number of hydrogen-bond donors (Lipinski definition) is 8. The van der Waals surface area contributed by atoms with Gasteiger partial charge in [-0.3, -0.25) is 13.9 Å². The predicted octanol–water partition coefficient (Wildman–Crippen LogP) is -6.52. The summed E-state index contributed by atoms with van der Waals surface area (Å²) in [6, 6.07) is -0.343. The van der Waals surface area contributed by atoms with E-state index in [0.29, 0.717) is 0 Å². The minimum atomic E-state index is -5.39. The first-order chi connectivity index (χ1) is 19.0. The van der Waals surface area contributed by atoms with Crippen molar-refractivity contribution in [2.45, 2.75) is 73.3 Å². The van der Waals surface area contributed by atoms with Crippen molar-refractivity contribution in [1.82, 2.24) is 14.9 Å². The largest absolute Gasteiger partial charge is 0.770 e. The van der Waals surface area contributed by atoms with Gasteiger partial charge in [-0.25, -0.2) is 4.79 Å². The van der Waals surface area contributed by atoms with E-state index in [4.69, 9.17) is 19.7 Å². The highest BCUT2D eigenvalue weighted by atomic mass is 32.7. The number of carboxylic acids is 1. The number of nitrogen functional groups attached to an aromatic ring is 1. The number of amides is 1. The van der Waals surface area contributed by atoms with E-state index in [1.807, 2.05) is 0 Å². The molecule has 1 amide bonds. The molecule has 0 bridgehead atoms. The Hall–Kier alpha value is -2.20. The number of ether oxygens (including phenoxy) is 2. The van der Waals surface area contributed by atoms with Crippen molar-refractivity contribution in [3.05, 3.63) is 22.7 Å². The van der Waals surface area contributed by atoms with Crippen LogP contribution in [0.3, 0.4) is 0 Å². The van der Waals surface area contributed by atoms with E-state index >= 15 is 0 Å². The van der Waals surface area contributed by atoms with Crippen molar-refractivity contribution in [1.29, 1.82) is 0 Å². The molecule has 3 heterocycles. The lowest BCUT2D eigenvalue weighted by atomic mass is 9.90. The number of carbonyl (C=O) groups excluding carboxylic acids is 2. The lowest BCUT2D eigenvalue weighted by Crippen LogP contribution is -2.67. The van der Waals surface area contributed by atoms with Gasteiger partial charge in [-0.2, -0.15) is 4.98 Å². The van der Waals surface area contributed by atoms with E-state index in [2.05, 4.69) is 10.3 Å². The second-order valence-corrected chi connectivity index (χ2v) is 13.2. The number of aliphatic carboxylic acids is 1. The summed E-state index contributed by atoms with van der Waals surface area (Å²) in [5.74, 6) is -3.09. The number of rotatable bonds is 11. The van der Waals surface area contributed by atoms with E-state index in [0.717, 1.165) is 17.7 Å². The van der Waals surface area contributed by atoms with Crippen molar-refractivity contribution >= 4 is 35.9 Å². The second-order valence-electron chi connectivity index (χ2n) is 9.28. The maximum absolute atomic E-state index is 12.8. The van der Waals surface area contributed by atoms with E-state index in [1.54, 1.807) is 0 Å². The summed E-state index contributed by atoms with van der Waals surface area (Å²) in [5, 5.41) is 75.0. The molecule has 1 aromatic rings. The van der Waals surface area contributed by atoms with Crippen molar-refractivity contribution in [2.75, 3.05) is 18.9 Å². The molecule has 2 aliphatic rings. The zero-order chi connectivity index (χ0) is 30.9. The first kappa shape index (κ1) is 33.3. The van der Waals surface area contributed by atoms with Gasteiger partial charge in [0.25, 0.3) is 0 Å². The lowest BCUT2D eigenvalue weighted by Gasteiger charge is -2.50. The van der Waals surface area contributed by atoms with Gasteiger partial charge in [0.05, 0.1) is 31.3 Å². The fraction of sp³-hybridized carbons (Fsp3) is 0.700. The topological polar surface area (TPSA) is 319 Å². The highest BCUT2D eigenvalue weighted by Crippen LogP contribution is 2.61. The molecule has 1 aromatic heterocycles. The Morgan fingerprint density at radius 3 is 2.59 bits per heavy atom. The van der Waals surface area contributed by atoms with Crippen LogP contribution in [0.2, 0.25) is 0 Å². The molecule has 19 nitrogen and oxygen atoms in total. The van der Waals surface area contributed by atoms with Crippen LogP contribution in [0.4, 0.5) is 5.82 Å². The summed E-state index contributed by atoms with van der Waals surface area (Å²) in [6.45, 7) is -6.41. The van der Waals surface area contributed by atoms with Gasteiger partial charge in [-0.1, -0.05) is 0 Å². The Morgan fingerprint density at radius 1 is 1.37 bits per heavy atom. The molecule has 0 aromatic carbocycles. The van der Waals surface area contributed by atoms with Gasteiger partial charge in [0.15, 0.2) is 18.0 Å². The van der Waals surface area contributed by atoms with Crippen LogP contribution in [0.5, 0.6) is 0 Å². The highest BCUT2D eigenvalue weighted by Gasteiger charge is 2.54. The van der Waals surface area contributed by atoms with Gasteiger partial charge in [-0.05, 0) is 17.4 Å². The Labute approximate surface area is 234 Å². The number of aliphatic hydroxyl groups excluding tert-OH is 6. The Balaban J connectivity index is 1.79. The molecule has 0 aliphatic carbocycles. The molecule has 9 N–H and O–H groups in total. The van der Waals surface area contributed by atoms with Crippen LogP contribution >= 0.6 is 18.2 Å². The zero-order valence-corrected chi connectivity index (χ0v) is 22.9. The SMILES string of the molecule is CC(=O)N[C@H]1C([C@H](O)[C@H](O)CO)O[C@](SP(=O)([O-])OC[C@H]2O[C@@H](n3ccc(N)nc3=O)C(O)[C@H]2O)(C(=O)[O-])C[C@H]1O. The molecule has 0 radical (unpaired) electrons. The maximum atomic E-state index is 12.8. The summed E-state index contributed by atoms with van der Waals surface area (Å²) in [5.41, 5.74) is 4.46. The standard InChI is InChI=1S/C20H31N4O15PS/c1-7(26)22-12-8(27)4-20(18(32)33,39-16(12)13(29)9(28)5-25)41-40(35,36)37-6-10-14(30)15(31)17(38-10)24-3-2-11(21)23-19(24)34/h2-3,8-10,12-17,25,27-31H,4-6H2,1H3,(H,22,26)(H,32,33)(H,35,36)(H2,21,23,34)/p-2/t8-,9-,10-,12-,13-,14+,15?,16?,17-,20-/m1/s1. The number of carbonyl (C=O) groups is 2. The van der Waals surface area contributed by atoms with Gasteiger partial charge in [0, 0.05) is 19.5 Å². The second kappa shape index (κ2) is 13.0. The molecule has 0 saturated carbocycles. The third-order valence-electron chi connectivity index (χ3n) is 6.29. The number of hydrogen-bond acceptors (Lipinski definition) is 18. The van der Waals surface area contributed by atoms with Crippen LogP contribution in [0.25, 0.3) is 0 Å². The van der Waals surface area contributed by atoms with Crippen LogP contribution in [-0.4, -0.2) is 119 Å². The fourth-order valence-electron chi connectivity index (χ4n) is 4.30. The number of nitrogens with one attached hydrogen (secondary N) is 1. The molecule has 2 fully saturated rings. The molecule has 2 aliphatic heterocycles. The minimum Gasteiger partial charge on any atom is -0.770 e. The molecular weight excluding hydrogens is 599 g/mol. The summed E-state index contributed by atoms with van der Waals surface area (Å²) in [6.07, 6.45) is -14.4. The van der Waals surface area contributed by atoms with Gasteiger partial charge in [0.2, 0.25) is 5.91 Å². The van der Waals surface area contributed by atoms with Crippen LogP contribution in [0, 0.1) is 0 Å². The van der Waals surface area contributed by atoms with Crippen molar-refractivity contribution in [3.63, 3.8) is 0 Å². The summed E-state index contributed by atoms with van der Waals surface area (Å²) < 4.78 is 29.1. The first-order valence-electron chi connectivity index (χ1n) is 11.9. The average Bonchev–Trinajstić information content (AvgIpc) is 3.16. The number of nitrogens with zero attached hydrogens (tertiary/aromatic N) is 2. The monoisotopic (exact) mass is 628 g/mol. The molecule has 21 heteroatoms. The molecule has 3 rings (SSSR count). The zero-order valence-electron chi connectivity index (χ0n) is 21.2. The van der Waals surface area contributed by atoms with Gasteiger partial charge < -0.3 is 70.5 Å². The van der Waals surface area contributed by atoms with E-state index in [1.165, 1.54) is 6.07 Å². The molecule has 2 saturated heterocycles. The van der Waals surface area contributed by atoms with E-state index < -0.39 is 115 Å². The highest BCUT2D eigenvalue weighted by molar-refractivity contribution is 8.55. The van der Waals surface area contributed by atoms with Crippen molar-refractivity contribution < 1.29 is 68.8 Å². The summed E-state index contributed by atoms with van der Waals surface area (Å²) >= 11 is -0.483. The number of nitrogens with two attached hydrogens (primary N) is 1. The normalized spacial score (nSPS) is 34.9. The Bertz CT molecular complexity index is 1220. The van der Waals surface area contributed by atoms with Crippen molar-refractivity contribution in [3.8, 4) is 0 Å². The van der Waals surface area contributed by atoms with Crippen LogP contribution < -0.4 is 26.7 Å². The predicted molar refractivity (Wildman–Crippen MR) is 130 cm³/mol. The minimum absolute atomic E-state index is 0.135. The number of anilines is 1. The first-order valence-corrected chi connectivity index (χ1v) is 14.8. The number of aliphatic hydroxyl groups is 6. The van der Waals surface area contributed by atoms with Gasteiger partial charge in [0.1, 0.15) is 42.4 Å². The van der Waals surface area contributed by atoms with Crippen LogP contribution in [-0.2, 0) is 28.2 Å². The third kappa shape index (κ3) is 7.42. The van der Waals surface area contributed by atoms with E-state index in [-0.39, 0.29) is 5.82 Å². The average molecular weight is 629 g/mol. The van der Waals surface area contributed by atoms with Crippen LogP contribution in [0.15, 0.2) is 17.1 Å². The van der Waals surface area contributed by atoms with Gasteiger partial charge >= 0.3 is 5.69 Å².